The van der Waals surface area contributed by atoms with Crippen LogP contribution in [0.15, 0.2) is 47.4 Å². The summed E-state index contributed by atoms with van der Waals surface area (Å²) in [5.41, 5.74) is 3.16. The maximum absolute atomic E-state index is 12.7. The molecule has 1 unspecified atom stereocenters. The Hall–Kier alpha value is -1.83. The molecular formula is C17H19N3O2S2. The van der Waals surface area contributed by atoms with Crippen molar-refractivity contribution < 1.29 is 8.42 Å². The molecule has 0 radical (unpaired) electrons. The highest BCUT2D eigenvalue weighted by atomic mass is 32.2. The van der Waals surface area contributed by atoms with Gasteiger partial charge in [-0.15, -0.1) is 0 Å². The highest BCUT2D eigenvalue weighted by Gasteiger charge is 2.22. The van der Waals surface area contributed by atoms with E-state index in [0.717, 1.165) is 17.3 Å². The van der Waals surface area contributed by atoms with Crippen LogP contribution in [0.25, 0.3) is 11.0 Å². The Morgan fingerprint density at radius 3 is 2.29 bits per heavy atom. The number of hydrogen-bond acceptors (Lipinski definition) is 5. The van der Waals surface area contributed by atoms with Gasteiger partial charge in [-0.2, -0.15) is 8.75 Å². The number of nitrogens with zero attached hydrogens (tertiary/aromatic N) is 2. The van der Waals surface area contributed by atoms with Gasteiger partial charge in [-0.3, -0.25) is 0 Å². The first-order valence-electron chi connectivity index (χ1n) is 7.72. The molecule has 1 N–H and O–H groups in total. The Morgan fingerprint density at radius 2 is 1.62 bits per heavy atom. The number of nitrogens with one attached hydrogen (secondary N) is 1. The normalized spacial score (nSPS) is 13.5. The van der Waals surface area contributed by atoms with Crippen LogP contribution in [0.3, 0.4) is 0 Å². The Kier molecular flexibility index (Phi) is 4.67. The second-order valence-electron chi connectivity index (χ2n) is 6.05. The van der Waals surface area contributed by atoms with Gasteiger partial charge >= 0.3 is 0 Å². The van der Waals surface area contributed by atoms with Crippen LogP contribution in [0.5, 0.6) is 0 Å². The molecule has 0 saturated heterocycles. The summed E-state index contributed by atoms with van der Waals surface area (Å²) >= 11 is 1.01. The molecule has 0 aliphatic heterocycles. The minimum absolute atomic E-state index is 0.166. The van der Waals surface area contributed by atoms with Gasteiger partial charge in [0, 0.05) is 6.04 Å². The number of fused-ring (bicyclic) bond motifs is 1. The van der Waals surface area contributed by atoms with Gasteiger partial charge in [-0.05, 0) is 36.1 Å². The molecule has 2 aromatic carbocycles. The number of aromatic nitrogens is 2. The van der Waals surface area contributed by atoms with Gasteiger partial charge < -0.3 is 0 Å². The average Bonchev–Trinajstić information content (AvgIpc) is 3.02. The van der Waals surface area contributed by atoms with E-state index in [1.54, 1.807) is 18.2 Å². The molecule has 7 heteroatoms. The number of sulfonamides is 1. The predicted molar refractivity (Wildman–Crippen MR) is 96.7 cm³/mol. The molecule has 0 spiro atoms. The minimum atomic E-state index is -3.68. The van der Waals surface area contributed by atoms with Gasteiger partial charge in [0.1, 0.15) is 15.9 Å². The fraction of sp³-hybridized carbons (Fsp3) is 0.294. The minimum Gasteiger partial charge on any atom is -0.207 e. The van der Waals surface area contributed by atoms with Gasteiger partial charge in [0.15, 0.2) is 0 Å². The SMILES string of the molecule is CC(C)c1ccc(C(C)NS(=O)(=O)c2cccc3nsnc23)cc1. The summed E-state index contributed by atoms with van der Waals surface area (Å²) in [6.07, 6.45) is 0. The highest BCUT2D eigenvalue weighted by molar-refractivity contribution is 7.89. The van der Waals surface area contributed by atoms with E-state index in [1.807, 2.05) is 31.2 Å². The lowest BCUT2D eigenvalue weighted by Gasteiger charge is -2.16. The maximum atomic E-state index is 12.7. The molecule has 1 aromatic heterocycles. The molecule has 126 valence electrons. The third-order valence-electron chi connectivity index (χ3n) is 3.97. The molecule has 0 amide bonds. The van der Waals surface area contributed by atoms with Crippen molar-refractivity contribution in [1.82, 2.24) is 13.5 Å². The van der Waals surface area contributed by atoms with Crippen molar-refractivity contribution in [3.63, 3.8) is 0 Å². The highest BCUT2D eigenvalue weighted by Crippen LogP contribution is 2.24. The number of rotatable bonds is 5. The van der Waals surface area contributed by atoms with Crippen molar-refractivity contribution in [1.29, 1.82) is 0 Å². The first-order valence-corrected chi connectivity index (χ1v) is 9.93. The third-order valence-corrected chi connectivity index (χ3v) is 6.09. The van der Waals surface area contributed by atoms with Crippen LogP contribution in [0.1, 0.15) is 43.9 Å². The first-order chi connectivity index (χ1) is 11.4. The van der Waals surface area contributed by atoms with Gasteiger partial charge in [0.25, 0.3) is 0 Å². The van der Waals surface area contributed by atoms with E-state index < -0.39 is 10.0 Å². The molecule has 3 aromatic rings. The van der Waals surface area contributed by atoms with Gasteiger partial charge in [-0.1, -0.05) is 44.2 Å². The monoisotopic (exact) mass is 361 g/mol. The zero-order valence-corrected chi connectivity index (χ0v) is 15.4. The zero-order chi connectivity index (χ0) is 17.3. The molecule has 0 aliphatic rings. The van der Waals surface area contributed by atoms with Crippen molar-refractivity contribution in [2.45, 2.75) is 37.6 Å². The standard InChI is InChI=1S/C17H19N3O2S2/c1-11(2)13-7-9-14(10-8-13)12(3)20-24(21,22)16-6-4-5-15-17(16)19-23-18-15/h4-12,20H,1-3H3. The van der Waals surface area contributed by atoms with Crippen molar-refractivity contribution in [2.24, 2.45) is 0 Å². The summed E-state index contributed by atoms with van der Waals surface area (Å²) in [5, 5.41) is 0. The Labute approximate surface area is 146 Å². The molecule has 1 heterocycles. The van der Waals surface area contributed by atoms with Gasteiger partial charge in [0.05, 0.1) is 11.7 Å². The van der Waals surface area contributed by atoms with Crippen LogP contribution >= 0.6 is 11.7 Å². The molecule has 0 aliphatic carbocycles. The molecular weight excluding hydrogens is 342 g/mol. The van der Waals surface area contributed by atoms with Crippen LogP contribution < -0.4 is 4.72 Å². The molecule has 0 bridgehead atoms. The Bertz CT molecular complexity index is 947. The summed E-state index contributed by atoms with van der Waals surface area (Å²) in [4.78, 5) is 0.166. The molecule has 1 atom stereocenters. The largest absolute Gasteiger partial charge is 0.243 e. The van der Waals surface area contributed by atoms with Crippen LogP contribution in [0, 0.1) is 0 Å². The summed E-state index contributed by atoms with van der Waals surface area (Å²) in [6, 6.07) is 12.7. The van der Waals surface area contributed by atoms with Crippen LogP contribution in [-0.4, -0.2) is 17.2 Å². The van der Waals surface area contributed by atoms with Crippen molar-refractivity contribution in [3.8, 4) is 0 Å². The Balaban J connectivity index is 1.87. The van der Waals surface area contributed by atoms with Crippen LogP contribution in [0.2, 0.25) is 0 Å². The molecule has 0 saturated carbocycles. The second-order valence-corrected chi connectivity index (χ2v) is 8.26. The van der Waals surface area contributed by atoms with E-state index >= 15 is 0 Å². The van der Waals surface area contributed by atoms with Crippen LogP contribution in [0.4, 0.5) is 0 Å². The molecule has 3 rings (SSSR count). The summed E-state index contributed by atoms with van der Waals surface area (Å²) in [7, 11) is -3.68. The first kappa shape index (κ1) is 17.0. The molecule has 24 heavy (non-hydrogen) atoms. The van der Waals surface area contributed by atoms with Crippen molar-refractivity contribution in [3.05, 3.63) is 53.6 Å². The average molecular weight is 361 g/mol. The second kappa shape index (κ2) is 6.58. The Morgan fingerprint density at radius 1 is 0.958 bits per heavy atom. The predicted octanol–water partition coefficient (Wildman–Crippen LogP) is 3.85. The lowest BCUT2D eigenvalue weighted by Crippen LogP contribution is -2.27. The van der Waals surface area contributed by atoms with E-state index in [2.05, 4.69) is 27.3 Å². The van der Waals surface area contributed by atoms with E-state index in [9.17, 15) is 8.42 Å². The van der Waals surface area contributed by atoms with Gasteiger partial charge in [0.2, 0.25) is 10.0 Å². The fourth-order valence-corrected chi connectivity index (χ4v) is 4.53. The molecule has 5 nitrogen and oxygen atoms in total. The van der Waals surface area contributed by atoms with E-state index in [4.69, 9.17) is 0 Å². The quantitative estimate of drug-likeness (QED) is 0.749. The lowest BCUT2D eigenvalue weighted by atomic mass is 10.00. The smallest absolute Gasteiger partial charge is 0.207 e. The van der Waals surface area contributed by atoms with Crippen molar-refractivity contribution >= 4 is 32.8 Å². The molecule has 0 fully saturated rings. The summed E-state index contributed by atoms with van der Waals surface area (Å²) in [5.74, 6) is 0.445. The fourth-order valence-electron chi connectivity index (χ4n) is 2.53. The van der Waals surface area contributed by atoms with E-state index in [1.165, 1.54) is 5.56 Å². The summed E-state index contributed by atoms with van der Waals surface area (Å²) < 4.78 is 36.4. The lowest BCUT2D eigenvalue weighted by molar-refractivity contribution is 0.567. The number of hydrogen-bond donors (Lipinski definition) is 1. The van der Waals surface area contributed by atoms with Crippen molar-refractivity contribution in [2.75, 3.05) is 0 Å². The van der Waals surface area contributed by atoms with Crippen LogP contribution in [-0.2, 0) is 10.0 Å². The van der Waals surface area contributed by atoms with E-state index in [-0.39, 0.29) is 10.9 Å². The topological polar surface area (TPSA) is 72.0 Å². The zero-order valence-electron chi connectivity index (χ0n) is 13.7. The summed E-state index contributed by atoms with van der Waals surface area (Å²) in [6.45, 7) is 6.09. The maximum Gasteiger partial charge on any atom is 0.243 e. The van der Waals surface area contributed by atoms with Gasteiger partial charge in [-0.25, -0.2) is 13.1 Å². The van der Waals surface area contributed by atoms with E-state index in [0.29, 0.717) is 17.0 Å². The number of benzene rings is 2. The third kappa shape index (κ3) is 3.33.